The van der Waals surface area contributed by atoms with Crippen LogP contribution < -0.4 is 5.32 Å². The van der Waals surface area contributed by atoms with Crippen LogP contribution in [0.3, 0.4) is 0 Å². The van der Waals surface area contributed by atoms with E-state index >= 15 is 0 Å². The highest BCUT2D eigenvalue weighted by Crippen LogP contribution is 2.65. The van der Waals surface area contributed by atoms with E-state index in [0.717, 1.165) is 48.2 Å². The van der Waals surface area contributed by atoms with Gasteiger partial charge >= 0.3 is 0 Å². The third-order valence-electron chi connectivity index (χ3n) is 6.78. The van der Waals surface area contributed by atoms with Crippen molar-refractivity contribution in [3.8, 4) is 0 Å². The number of carbonyl (C=O) groups excluding carboxylic acids is 1. The lowest BCUT2D eigenvalue weighted by Gasteiger charge is -2.37. The van der Waals surface area contributed by atoms with Crippen LogP contribution in [-0.4, -0.2) is 15.5 Å². The summed E-state index contributed by atoms with van der Waals surface area (Å²) in [6, 6.07) is 8.13. The lowest BCUT2D eigenvalue weighted by molar-refractivity contribution is -0.129. The maximum atomic E-state index is 13.1. The van der Waals surface area contributed by atoms with Gasteiger partial charge in [-0.1, -0.05) is 38.1 Å². The zero-order chi connectivity index (χ0) is 17.8. The van der Waals surface area contributed by atoms with Gasteiger partial charge in [-0.05, 0) is 49.7 Å². The molecule has 4 nitrogen and oxygen atoms in total. The number of para-hydroxylation sites is 2. The zero-order valence-corrected chi connectivity index (χ0v) is 15.4. The molecule has 2 atom stereocenters. The van der Waals surface area contributed by atoms with Crippen molar-refractivity contribution < 1.29 is 4.79 Å². The van der Waals surface area contributed by atoms with Gasteiger partial charge < -0.3 is 9.88 Å². The van der Waals surface area contributed by atoms with E-state index in [1.807, 2.05) is 18.2 Å². The van der Waals surface area contributed by atoms with Gasteiger partial charge in [-0.2, -0.15) is 0 Å². The van der Waals surface area contributed by atoms with Crippen LogP contribution in [0.25, 0.3) is 11.0 Å². The largest absolute Gasteiger partial charge is 0.348 e. The lowest BCUT2D eigenvalue weighted by Crippen LogP contribution is -2.41. The van der Waals surface area contributed by atoms with Crippen molar-refractivity contribution >= 4 is 16.9 Å². The second-order valence-corrected chi connectivity index (χ2v) is 8.17. The molecule has 0 aliphatic heterocycles. The molecule has 2 saturated carbocycles. The van der Waals surface area contributed by atoms with Gasteiger partial charge in [0.15, 0.2) is 0 Å². The van der Waals surface area contributed by atoms with Crippen LogP contribution >= 0.6 is 0 Å². The Hall–Kier alpha value is -2.10. The molecule has 4 heteroatoms. The molecule has 2 aliphatic rings. The summed E-state index contributed by atoms with van der Waals surface area (Å²) in [6.07, 6.45) is 3.03. The van der Waals surface area contributed by atoms with E-state index < -0.39 is 0 Å². The third-order valence-corrected chi connectivity index (χ3v) is 6.78. The Morgan fingerprint density at radius 3 is 2.84 bits per heavy atom. The summed E-state index contributed by atoms with van der Waals surface area (Å²) in [5.74, 6) is 1.65. The molecule has 2 bridgehead atoms. The maximum absolute atomic E-state index is 13.1. The van der Waals surface area contributed by atoms with Gasteiger partial charge in [0, 0.05) is 6.54 Å². The number of hydrogen-bond donors (Lipinski definition) is 1. The van der Waals surface area contributed by atoms with Crippen molar-refractivity contribution in [3.05, 3.63) is 42.2 Å². The summed E-state index contributed by atoms with van der Waals surface area (Å²) in [5.41, 5.74) is 2.94. The van der Waals surface area contributed by atoms with Crippen LogP contribution in [-0.2, 0) is 17.9 Å². The van der Waals surface area contributed by atoms with Crippen molar-refractivity contribution in [3.63, 3.8) is 0 Å². The van der Waals surface area contributed by atoms with E-state index in [9.17, 15) is 4.79 Å². The van der Waals surface area contributed by atoms with Crippen molar-refractivity contribution in [1.29, 1.82) is 0 Å². The van der Waals surface area contributed by atoms with E-state index in [0.29, 0.717) is 12.5 Å². The molecule has 132 valence electrons. The Morgan fingerprint density at radius 2 is 2.16 bits per heavy atom. The van der Waals surface area contributed by atoms with Gasteiger partial charge in [0.1, 0.15) is 5.82 Å². The number of nitrogens with one attached hydrogen (secondary N) is 1. The van der Waals surface area contributed by atoms with Gasteiger partial charge in [-0.3, -0.25) is 4.79 Å². The summed E-state index contributed by atoms with van der Waals surface area (Å²) in [4.78, 5) is 17.8. The monoisotopic (exact) mass is 337 g/mol. The first-order valence-electron chi connectivity index (χ1n) is 9.32. The van der Waals surface area contributed by atoms with Crippen molar-refractivity contribution in [2.75, 3.05) is 0 Å². The highest BCUT2D eigenvalue weighted by molar-refractivity contribution is 5.87. The third kappa shape index (κ3) is 2.19. The Labute approximate surface area is 149 Å². The van der Waals surface area contributed by atoms with E-state index in [-0.39, 0.29) is 16.7 Å². The summed E-state index contributed by atoms with van der Waals surface area (Å²) >= 11 is 0. The van der Waals surface area contributed by atoms with Crippen LogP contribution in [0.4, 0.5) is 0 Å². The molecule has 25 heavy (non-hydrogen) atoms. The molecule has 1 heterocycles. The fraction of sp³-hybridized carbons (Fsp3) is 0.524. The van der Waals surface area contributed by atoms with E-state index in [1.54, 1.807) is 0 Å². The molecule has 1 aromatic heterocycles. The van der Waals surface area contributed by atoms with E-state index in [1.165, 1.54) is 0 Å². The number of hydrogen-bond acceptors (Lipinski definition) is 2. The molecule has 1 amide bonds. The first kappa shape index (κ1) is 16.4. The summed E-state index contributed by atoms with van der Waals surface area (Å²) in [7, 11) is 0. The minimum atomic E-state index is -0.364. The number of nitrogens with zero attached hydrogens (tertiary/aromatic N) is 2. The second-order valence-electron chi connectivity index (χ2n) is 8.17. The molecule has 2 aliphatic carbocycles. The van der Waals surface area contributed by atoms with Gasteiger partial charge in [0.25, 0.3) is 0 Å². The van der Waals surface area contributed by atoms with Crippen LogP contribution in [0, 0.1) is 16.7 Å². The predicted molar refractivity (Wildman–Crippen MR) is 99.9 cm³/mol. The fourth-order valence-corrected chi connectivity index (χ4v) is 5.08. The van der Waals surface area contributed by atoms with Gasteiger partial charge in [0.05, 0.1) is 23.0 Å². The van der Waals surface area contributed by atoms with Crippen LogP contribution in [0.1, 0.15) is 45.9 Å². The minimum absolute atomic E-state index is 0.0756. The van der Waals surface area contributed by atoms with Crippen molar-refractivity contribution in [1.82, 2.24) is 14.9 Å². The molecule has 0 spiro atoms. The molecule has 0 saturated heterocycles. The smallest absolute Gasteiger partial charge is 0.230 e. The maximum Gasteiger partial charge on any atom is 0.230 e. The van der Waals surface area contributed by atoms with Crippen LogP contribution in [0.5, 0.6) is 0 Å². The SMILES string of the molecule is C=C1C2(C(=O)NCc3nc4ccccc4n3CC)CCC(C2)C1(C)C. The number of rotatable bonds is 4. The summed E-state index contributed by atoms with van der Waals surface area (Å²) in [5, 5.41) is 3.18. The molecular weight excluding hydrogens is 310 g/mol. The highest BCUT2D eigenvalue weighted by atomic mass is 16.2. The molecule has 2 fully saturated rings. The normalized spacial score (nSPS) is 27.2. The number of carbonyl (C=O) groups is 1. The topological polar surface area (TPSA) is 46.9 Å². The lowest BCUT2D eigenvalue weighted by atomic mass is 9.68. The van der Waals surface area contributed by atoms with E-state index in [4.69, 9.17) is 4.98 Å². The van der Waals surface area contributed by atoms with Gasteiger partial charge in [0.2, 0.25) is 5.91 Å². The number of aryl methyl sites for hydroxylation is 1. The Balaban J connectivity index is 1.56. The molecule has 2 unspecified atom stereocenters. The molecule has 0 radical (unpaired) electrons. The fourth-order valence-electron chi connectivity index (χ4n) is 5.08. The summed E-state index contributed by atoms with van der Waals surface area (Å²) in [6.45, 7) is 12.2. The quantitative estimate of drug-likeness (QED) is 0.856. The van der Waals surface area contributed by atoms with Gasteiger partial charge in [-0.25, -0.2) is 4.98 Å². The number of aromatic nitrogens is 2. The molecule has 4 rings (SSSR count). The van der Waals surface area contributed by atoms with Crippen molar-refractivity contribution in [2.24, 2.45) is 16.7 Å². The zero-order valence-electron chi connectivity index (χ0n) is 15.4. The average molecular weight is 337 g/mol. The van der Waals surface area contributed by atoms with Crippen LogP contribution in [0.2, 0.25) is 0 Å². The molecule has 1 aromatic carbocycles. The summed E-state index contributed by atoms with van der Waals surface area (Å²) < 4.78 is 2.18. The average Bonchev–Trinajstić information content (AvgIpc) is 3.25. The van der Waals surface area contributed by atoms with E-state index in [2.05, 4.69) is 43.3 Å². The standard InChI is InChI=1S/C21H27N3O/c1-5-24-17-9-7-6-8-16(17)23-18(24)13-22-19(25)21-11-10-15(12-21)20(3,4)14(21)2/h6-9,15H,2,5,10-13H2,1,3-4H3,(H,22,25). The molecular formula is C21H27N3O. The Kier molecular flexibility index (Phi) is 3.57. The number of imidazole rings is 1. The predicted octanol–water partition coefficient (Wildman–Crippen LogP) is 4.05. The molecule has 2 aromatic rings. The first-order chi connectivity index (χ1) is 11.9. The Bertz CT molecular complexity index is 863. The number of amides is 1. The minimum Gasteiger partial charge on any atom is -0.348 e. The van der Waals surface area contributed by atoms with Crippen molar-refractivity contribution in [2.45, 2.75) is 53.1 Å². The highest BCUT2D eigenvalue weighted by Gasteiger charge is 2.60. The number of fused-ring (bicyclic) bond motifs is 3. The van der Waals surface area contributed by atoms with Gasteiger partial charge in [-0.15, -0.1) is 0 Å². The first-order valence-corrected chi connectivity index (χ1v) is 9.32. The molecule has 1 N–H and O–H groups in total. The number of benzene rings is 1. The van der Waals surface area contributed by atoms with Crippen LogP contribution in [0.15, 0.2) is 36.4 Å². The second kappa shape index (κ2) is 5.45. The Morgan fingerprint density at radius 1 is 1.40 bits per heavy atom.